The lowest BCUT2D eigenvalue weighted by atomic mass is 9.98. The van der Waals surface area contributed by atoms with Gasteiger partial charge in [-0.1, -0.05) is 41.4 Å². The Bertz CT molecular complexity index is 612. The third kappa shape index (κ3) is 4.27. The summed E-state index contributed by atoms with van der Waals surface area (Å²) >= 11 is 11.3. The molecule has 114 valence electrons. The summed E-state index contributed by atoms with van der Waals surface area (Å²) in [7, 11) is 0. The zero-order chi connectivity index (χ0) is 14.9. The first kappa shape index (κ1) is 18.1. The lowest BCUT2D eigenvalue weighted by molar-refractivity contribution is -0.137. The second-order valence-corrected chi connectivity index (χ2v) is 5.11. The summed E-state index contributed by atoms with van der Waals surface area (Å²) in [6.45, 7) is 0. The molecule has 1 atom stereocenters. The van der Waals surface area contributed by atoms with E-state index in [0.29, 0.717) is 16.1 Å². The van der Waals surface area contributed by atoms with Crippen LogP contribution in [0.4, 0.5) is 13.2 Å². The molecule has 0 spiro atoms. The van der Waals surface area contributed by atoms with Gasteiger partial charge in [-0.05, 0) is 35.4 Å². The molecule has 7 heteroatoms. The topological polar surface area (TPSA) is 26.0 Å². The maximum Gasteiger partial charge on any atom is 0.417 e. The van der Waals surface area contributed by atoms with Crippen molar-refractivity contribution in [1.29, 1.82) is 0 Å². The van der Waals surface area contributed by atoms with Crippen molar-refractivity contribution in [2.45, 2.75) is 12.2 Å². The number of hydrogen-bond donors (Lipinski definition) is 1. The predicted molar refractivity (Wildman–Crippen MR) is 81.2 cm³/mol. The van der Waals surface area contributed by atoms with Gasteiger partial charge in [-0.3, -0.25) is 0 Å². The number of nitrogens with two attached hydrogens (primary N) is 1. The number of alkyl halides is 3. The molecule has 2 aromatic rings. The molecule has 0 aliphatic rings. The standard InChI is InChI=1S/C14H10Cl2F3N.ClH/c15-10-4-1-8(2-5-10)13(20)9-3-6-12(16)11(7-9)14(17,18)19;/h1-7,13H,20H2;1H/t13-;/m0./s1. The summed E-state index contributed by atoms with van der Waals surface area (Å²) in [5.74, 6) is 0. The van der Waals surface area contributed by atoms with Gasteiger partial charge in [-0.25, -0.2) is 0 Å². The summed E-state index contributed by atoms with van der Waals surface area (Å²) in [4.78, 5) is 0. The normalized spacial score (nSPS) is 12.7. The van der Waals surface area contributed by atoms with Gasteiger partial charge in [0.05, 0.1) is 16.6 Å². The van der Waals surface area contributed by atoms with Crippen LogP contribution in [-0.2, 0) is 6.18 Å². The second kappa shape index (κ2) is 6.88. The lowest BCUT2D eigenvalue weighted by Crippen LogP contribution is -2.14. The van der Waals surface area contributed by atoms with Crippen LogP contribution in [0.25, 0.3) is 0 Å². The monoisotopic (exact) mass is 355 g/mol. The molecule has 2 rings (SSSR count). The van der Waals surface area contributed by atoms with Crippen LogP contribution in [0.1, 0.15) is 22.7 Å². The first-order valence-corrected chi connectivity index (χ1v) is 6.42. The van der Waals surface area contributed by atoms with Crippen molar-refractivity contribution >= 4 is 35.6 Å². The molecule has 0 fully saturated rings. The lowest BCUT2D eigenvalue weighted by Gasteiger charge is -2.16. The van der Waals surface area contributed by atoms with Crippen LogP contribution >= 0.6 is 35.6 Å². The van der Waals surface area contributed by atoms with E-state index in [9.17, 15) is 13.2 Å². The number of halogens is 6. The van der Waals surface area contributed by atoms with Crippen LogP contribution in [0.15, 0.2) is 42.5 Å². The van der Waals surface area contributed by atoms with Gasteiger partial charge in [-0.15, -0.1) is 12.4 Å². The molecular formula is C14H11Cl3F3N. The molecule has 0 radical (unpaired) electrons. The van der Waals surface area contributed by atoms with E-state index in [2.05, 4.69) is 0 Å². The molecule has 0 amide bonds. The Kier molecular flexibility index (Phi) is 5.93. The average molecular weight is 357 g/mol. The van der Waals surface area contributed by atoms with Crippen LogP contribution < -0.4 is 5.73 Å². The Morgan fingerprint density at radius 2 is 1.43 bits per heavy atom. The fourth-order valence-electron chi connectivity index (χ4n) is 1.82. The van der Waals surface area contributed by atoms with Crippen molar-refractivity contribution in [3.8, 4) is 0 Å². The zero-order valence-electron chi connectivity index (χ0n) is 10.5. The molecular weight excluding hydrogens is 346 g/mol. The van der Waals surface area contributed by atoms with E-state index < -0.39 is 17.8 Å². The highest BCUT2D eigenvalue weighted by atomic mass is 35.5. The molecule has 0 saturated carbocycles. The molecule has 21 heavy (non-hydrogen) atoms. The third-order valence-corrected chi connectivity index (χ3v) is 3.47. The molecule has 0 heterocycles. The molecule has 0 aliphatic heterocycles. The van der Waals surface area contributed by atoms with Crippen molar-refractivity contribution in [2.24, 2.45) is 5.73 Å². The van der Waals surface area contributed by atoms with Gasteiger partial charge in [0.15, 0.2) is 0 Å². The van der Waals surface area contributed by atoms with E-state index >= 15 is 0 Å². The summed E-state index contributed by atoms with van der Waals surface area (Å²) in [6, 6.07) is 9.61. The van der Waals surface area contributed by atoms with Crippen molar-refractivity contribution in [1.82, 2.24) is 0 Å². The van der Waals surface area contributed by atoms with E-state index in [4.69, 9.17) is 28.9 Å². The summed E-state index contributed by atoms with van der Waals surface area (Å²) in [5, 5.41) is 0.192. The van der Waals surface area contributed by atoms with Crippen LogP contribution in [-0.4, -0.2) is 0 Å². The number of benzene rings is 2. The first-order valence-electron chi connectivity index (χ1n) is 5.66. The van der Waals surface area contributed by atoms with Crippen LogP contribution in [0.3, 0.4) is 0 Å². The smallest absolute Gasteiger partial charge is 0.320 e. The molecule has 2 aromatic carbocycles. The third-order valence-electron chi connectivity index (χ3n) is 2.88. The van der Waals surface area contributed by atoms with Gasteiger partial charge in [0.2, 0.25) is 0 Å². The zero-order valence-corrected chi connectivity index (χ0v) is 12.8. The molecule has 0 unspecified atom stereocenters. The SMILES string of the molecule is Cl.N[C@@H](c1ccc(Cl)cc1)c1ccc(Cl)c(C(F)(F)F)c1. The molecule has 2 N–H and O–H groups in total. The van der Waals surface area contributed by atoms with Gasteiger partial charge in [-0.2, -0.15) is 13.2 Å². The van der Waals surface area contributed by atoms with E-state index in [1.54, 1.807) is 24.3 Å². The van der Waals surface area contributed by atoms with Gasteiger partial charge in [0, 0.05) is 5.02 Å². The molecule has 0 aromatic heterocycles. The maximum atomic E-state index is 12.8. The van der Waals surface area contributed by atoms with E-state index in [1.807, 2.05) is 0 Å². The molecule has 0 saturated heterocycles. The quantitative estimate of drug-likeness (QED) is 0.757. The summed E-state index contributed by atoms with van der Waals surface area (Å²) < 4.78 is 38.4. The Morgan fingerprint density at radius 3 is 1.95 bits per heavy atom. The van der Waals surface area contributed by atoms with Crippen molar-refractivity contribution in [3.05, 3.63) is 69.2 Å². The maximum absolute atomic E-state index is 12.8. The largest absolute Gasteiger partial charge is 0.417 e. The fraction of sp³-hybridized carbons (Fsp3) is 0.143. The molecule has 0 aliphatic carbocycles. The number of hydrogen-bond acceptors (Lipinski definition) is 1. The van der Waals surface area contributed by atoms with Gasteiger partial charge >= 0.3 is 6.18 Å². The Morgan fingerprint density at radius 1 is 0.905 bits per heavy atom. The van der Waals surface area contributed by atoms with Crippen LogP contribution in [0.2, 0.25) is 10.0 Å². The van der Waals surface area contributed by atoms with Gasteiger partial charge in [0.1, 0.15) is 0 Å². The van der Waals surface area contributed by atoms with Crippen LogP contribution in [0, 0.1) is 0 Å². The first-order chi connectivity index (χ1) is 9.29. The highest BCUT2D eigenvalue weighted by Crippen LogP contribution is 2.36. The summed E-state index contributed by atoms with van der Waals surface area (Å²) in [6.07, 6.45) is -4.51. The highest BCUT2D eigenvalue weighted by Gasteiger charge is 2.33. The van der Waals surface area contributed by atoms with E-state index in [0.717, 1.165) is 6.07 Å². The fourth-order valence-corrected chi connectivity index (χ4v) is 2.17. The van der Waals surface area contributed by atoms with E-state index in [1.165, 1.54) is 12.1 Å². The highest BCUT2D eigenvalue weighted by molar-refractivity contribution is 6.31. The minimum atomic E-state index is -4.51. The Labute approximate surface area is 136 Å². The molecule has 0 bridgehead atoms. The minimum absolute atomic E-state index is 0. The summed E-state index contributed by atoms with van der Waals surface area (Å²) in [5.41, 5.74) is 6.10. The van der Waals surface area contributed by atoms with Crippen LogP contribution in [0.5, 0.6) is 0 Å². The average Bonchev–Trinajstić information content (AvgIpc) is 2.38. The number of rotatable bonds is 2. The Balaban J connectivity index is 0.00000220. The van der Waals surface area contributed by atoms with Crippen molar-refractivity contribution in [2.75, 3.05) is 0 Å². The van der Waals surface area contributed by atoms with Gasteiger partial charge in [0.25, 0.3) is 0 Å². The molecule has 1 nitrogen and oxygen atoms in total. The predicted octanol–water partition coefficient (Wildman–Crippen LogP) is 5.48. The van der Waals surface area contributed by atoms with Crippen molar-refractivity contribution in [3.63, 3.8) is 0 Å². The Hall–Kier alpha value is -0.940. The van der Waals surface area contributed by atoms with Crippen molar-refractivity contribution < 1.29 is 13.2 Å². The van der Waals surface area contributed by atoms with E-state index in [-0.39, 0.29) is 17.4 Å². The minimum Gasteiger partial charge on any atom is -0.320 e. The second-order valence-electron chi connectivity index (χ2n) is 4.27. The van der Waals surface area contributed by atoms with Gasteiger partial charge < -0.3 is 5.73 Å².